The molecule has 0 aliphatic carbocycles. The molecule has 1 unspecified atom stereocenters. The van der Waals surface area contributed by atoms with Crippen LogP contribution in [0.2, 0.25) is 0 Å². The van der Waals surface area contributed by atoms with Crippen molar-refractivity contribution in [3.8, 4) is 0 Å². The topological polar surface area (TPSA) is 63.7 Å². The van der Waals surface area contributed by atoms with E-state index in [9.17, 15) is 13.2 Å². The van der Waals surface area contributed by atoms with E-state index in [0.29, 0.717) is 12.3 Å². The molecule has 1 amide bonds. The van der Waals surface area contributed by atoms with E-state index < -0.39 is 21.3 Å². The first kappa shape index (κ1) is 12.6. The smallest absolute Gasteiger partial charge is 0.410 e. The standard InChI is InChI=1S/C8H15NO4S2/c1-3-15(11,12)7-6-14-5-4-9(7)8(10)13-2/h7H,3-6H2,1-2H3. The van der Waals surface area contributed by atoms with Gasteiger partial charge in [0.15, 0.2) is 9.84 Å². The van der Waals surface area contributed by atoms with Crippen LogP contribution in [-0.2, 0) is 14.6 Å². The van der Waals surface area contributed by atoms with Gasteiger partial charge in [0.05, 0.1) is 7.11 Å². The van der Waals surface area contributed by atoms with Gasteiger partial charge in [-0.3, -0.25) is 4.90 Å². The van der Waals surface area contributed by atoms with Gasteiger partial charge < -0.3 is 4.74 Å². The van der Waals surface area contributed by atoms with E-state index in [1.165, 1.54) is 12.0 Å². The Morgan fingerprint density at radius 1 is 1.60 bits per heavy atom. The van der Waals surface area contributed by atoms with Crippen LogP contribution in [0.1, 0.15) is 6.92 Å². The van der Waals surface area contributed by atoms with E-state index in [0.717, 1.165) is 5.75 Å². The molecule has 0 aromatic rings. The molecule has 1 aliphatic heterocycles. The zero-order valence-corrected chi connectivity index (χ0v) is 10.4. The number of rotatable bonds is 2. The lowest BCUT2D eigenvalue weighted by Gasteiger charge is -2.33. The minimum Gasteiger partial charge on any atom is -0.453 e. The monoisotopic (exact) mass is 253 g/mol. The van der Waals surface area contributed by atoms with Crippen molar-refractivity contribution in [3.05, 3.63) is 0 Å². The van der Waals surface area contributed by atoms with Crippen LogP contribution in [0.15, 0.2) is 0 Å². The van der Waals surface area contributed by atoms with Gasteiger partial charge in [0.25, 0.3) is 0 Å². The Morgan fingerprint density at radius 3 is 2.80 bits per heavy atom. The molecule has 7 heteroatoms. The van der Waals surface area contributed by atoms with Crippen molar-refractivity contribution in [1.29, 1.82) is 0 Å². The first-order valence-electron chi connectivity index (χ1n) is 4.66. The molecule has 1 heterocycles. The maximum atomic E-state index is 11.7. The van der Waals surface area contributed by atoms with Crippen LogP contribution in [0.25, 0.3) is 0 Å². The second kappa shape index (κ2) is 5.07. The van der Waals surface area contributed by atoms with Gasteiger partial charge >= 0.3 is 6.09 Å². The summed E-state index contributed by atoms with van der Waals surface area (Å²) in [6.07, 6.45) is -0.558. The summed E-state index contributed by atoms with van der Waals surface area (Å²) in [5, 5.41) is -0.728. The number of sulfone groups is 1. The van der Waals surface area contributed by atoms with Gasteiger partial charge in [-0.1, -0.05) is 6.92 Å². The minimum absolute atomic E-state index is 0.0473. The lowest BCUT2D eigenvalue weighted by Crippen LogP contribution is -2.50. The van der Waals surface area contributed by atoms with Crippen LogP contribution >= 0.6 is 11.8 Å². The molecule has 1 aliphatic rings. The van der Waals surface area contributed by atoms with Crippen molar-refractivity contribution >= 4 is 27.7 Å². The van der Waals surface area contributed by atoms with E-state index in [1.54, 1.807) is 18.7 Å². The van der Waals surface area contributed by atoms with E-state index in [-0.39, 0.29) is 5.75 Å². The summed E-state index contributed by atoms with van der Waals surface area (Å²) in [5.41, 5.74) is 0. The molecule has 0 spiro atoms. The number of thioether (sulfide) groups is 1. The molecule has 0 saturated carbocycles. The van der Waals surface area contributed by atoms with Gasteiger partial charge in [-0.15, -0.1) is 0 Å². The van der Waals surface area contributed by atoms with Crippen molar-refractivity contribution in [2.24, 2.45) is 0 Å². The second-order valence-electron chi connectivity index (χ2n) is 3.14. The molecule has 15 heavy (non-hydrogen) atoms. The summed E-state index contributed by atoms with van der Waals surface area (Å²) < 4.78 is 28.0. The third-order valence-corrected chi connectivity index (χ3v) is 5.60. The number of carbonyl (C=O) groups is 1. The largest absolute Gasteiger partial charge is 0.453 e. The molecule has 5 nitrogen and oxygen atoms in total. The van der Waals surface area contributed by atoms with Crippen molar-refractivity contribution in [2.75, 3.05) is 30.9 Å². The maximum absolute atomic E-state index is 11.7. The average Bonchev–Trinajstić information content (AvgIpc) is 2.28. The number of ether oxygens (including phenoxy) is 1. The molecule has 0 bridgehead atoms. The zero-order chi connectivity index (χ0) is 11.5. The molecule has 1 atom stereocenters. The predicted octanol–water partition coefficient (Wildman–Crippen LogP) is 0.562. The number of amides is 1. The fourth-order valence-electron chi connectivity index (χ4n) is 1.40. The van der Waals surface area contributed by atoms with Gasteiger partial charge in [0.1, 0.15) is 5.37 Å². The first-order chi connectivity index (χ1) is 7.03. The Balaban J connectivity index is 2.88. The normalized spacial score (nSPS) is 22.5. The summed E-state index contributed by atoms with van der Waals surface area (Å²) >= 11 is 1.55. The lowest BCUT2D eigenvalue weighted by molar-refractivity contribution is 0.122. The maximum Gasteiger partial charge on any atom is 0.410 e. The van der Waals surface area contributed by atoms with E-state index in [1.807, 2.05) is 0 Å². The average molecular weight is 253 g/mol. The van der Waals surface area contributed by atoms with Crippen molar-refractivity contribution < 1.29 is 17.9 Å². The van der Waals surface area contributed by atoms with Crippen LogP contribution in [0.5, 0.6) is 0 Å². The minimum atomic E-state index is -3.22. The molecule has 1 rings (SSSR count). The zero-order valence-electron chi connectivity index (χ0n) is 8.80. The molecule has 0 N–H and O–H groups in total. The molecule has 1 saturated heterocycles. The Hall–Kier alpha value is -0.430. The van der Waals surface area contributed by atoms with Gasteiger partial charge in [-0.2, -0.15) is 11.8 Å². The van der Waals surface area contributed by atoms with Gasteiger partial charge in [-0.25, -0.2) is 13.2 Å². The number of hydrogen-bond acceptors (Lipinski definition) is 5. The van der Waals surface area contributed by atoms with Gasteiger partial charge in [0, 0.05) is 23.8 Å². The van der Waals surface area contributed by atoms with Gasteiger partial charge in [0.2, 0.25) is 0 Å². The van der Waals surface area contributed by atoms with E-state index in [2.05, 4.69) is 4.74 Å². The Bertz CT molecular complexity index is 328. The van der Waals surface area contributed by atoms with Crippen LogP contribution < -0.4 is 0 Å². The summed E-state index contributed by atoms with van der Waals surface area (Å²) in [6.45, 7) is 2.02. The SMILES string of the molecule is CCS(=O)(=O)C1CSCCN1C(=O)OC. The summed E-state index contributed by atoms with van der Waals surface area (Å²) in [4.78, 5) is 12.7. The highest BCUT2D eigenvalue weighted by Crippen LogP contribution is 2.21. The molecule has 88 valence electrons. The van der Waals surface area contributed by atoms with E-state index in [4.69, 9.17) is 0 Å². The summed E-state index contributed by atoms with van der Waals surface area (Å²) in [7, 11) is -1.96. The van der Waals surface area contributed by atoms with Crippen LogP contribution in [-0.4, -0.2) is 55.7 Å². The number of nitrogens with zero attached hydrogens (tertiary/aromatic N) is 1. The molecule has 0 radical (unpaired) electrons. The molecule has 0 aromatic carbocycles. The fourth-order valence-corrected chi connectivity index (χ4v) is 4.35. The third-order valence-electron chi connectivity index (χ3n) is 2.31. The van der Waals surface area contributed by atoms with Crippen molar-refractivity contribution in [1.82, 2.24) is 4.90 Å². The third kappa shape index (κ3) is 2.78. The van der Waals surface area contributed by atoms with Gasteiger partial charge in [-0.05, 0) is 0 Å². The van der Waals surface area contributed by atoms with Crippen LogP contribution in [0, 0.1) is 0 Å². The van der Waals surface area contributed by atoms with Crippen LogP contribution in [0.3, 0.4) is 0 Å². The Kier molecular flexibility index (Phi) is 4.27. The van der Waals surface area contributed by atoms with Crippen molar-refractivity contribution in [2.45, 2.75) is 12.3 Å². The molecule has 1 fully saturated rings. The molecular weight excluding hydrogens is 238 g/mol. The Labute approximate surface area is 94.1 Å². The fraction of sp³-hybridized carbons (Fsp3) is 0.875. The first-order valence-corrected chi connectivity index (χ1v) is 7.54. The number of methoxy groups -OCH3 is 1. The summed E-state index contributed by atoms with van der Waals surface area (Å²) in [5.74, 6) is 1.24. The van der Waals surface area contributed by atoms with Crippen molar-refractivity contribution in [3.63, 3.8) is 0 Å². The van der Waals surface area contributed by atoms with E-state index >= 15 is 0 Å². The summed E-state index contributed by atoms with van der Waals surface area (Å²) in [6, 6.07) is 0. The molecule has 0 aromatic heterocycles. The second-order valence-corrected chi connectivity index (χ2v) is 6.74. The number of hydrogen-bond donors (Lipinski definition) is 0. The number of carbonyl (C=O) groups excluding carboxylic acids is 1. The highest BCUT2D eigenvalue weighted by Gasteiger charge is 2.36. The predicted molar refractivity (Wildman–Crippen MR) is 59.7 cm³/mol. The Morgan fingerprint density at radius 2 is 2.27 bits per heavy atom. The molecular formula is C8H15NO4S2. The highest BCUT2D eigenvalue weighted by atomic mass is 32.2. The van der Waals surface area contributed by atoms with Crippen LogP contribution in [0.4, 0.5) is 4.79 Å². The quantitative estimate of drug-likeness (QED) is 0.719. The lowest BCUT2D eigenvalue weighted by atomic mass is 10.5. The highest BCUT2D eigenvalue weighted by molar-refractivity contribution is 8.01.